The number of aromatic hydroxyl groups is 1. The number of unbranched alkanes of at least 4 members (excludes halogenated alkanes) is 4. The number of aliphatic hydroxyl groups is 2. The van der Waals surface area contributed by atoms with Crippen LogP contribution in [0.25, 0.3) is 0 Å². The zero-order valence-electron chi connectivity index (χ0n) is 26.8. The molecule has 0 aromatic heterocycles. The maximum atomic E-state index is 12.7. The van der Waals surface area contributed by atoms with Crippen molar-refractivity contribution in [3.63, 3.8) is 0 Å². The van der Waals surface area contributed by atoms with E-state index in [4.69, 9.17) is 9.57 Å². The average molecular weight is 636 g/mol. The Morgan fingerprint density at radius 2 is 1.57 bits per heavy atom. The molecule has 0 radical (unpaired) electrons. The van der Waals surface area contributed by atoms with Crippen molar-refractivity contribution in [2.24, 2.45) is 0 Å². The molecule has 0 fully saturated rings. The van der Waals surface area contributed by atoms with Gasteiger partial charge in [-0.25, -0.2) is 4.79 Å². The Morgan fingerprint density at radius 1 is 0.848 bits per heavy atom. The predicted octanol–water partition coefficient (Wildman–Crippen LogP) is 5.30. The van der Waals surface area contributed by atoms with Gasteiger partial charge in [-0.15, -0.1) is 5.06 Å². The summed E-state index contributed by atoms with van der Waals surface area (Å²) in [7, 11) is 0. The SMILES string of the molecule is CC(=O)ON(Cc1ccccc1)C(=O)NCc1cccc(CCCCOCCCCCCNC[C@@H](O)c2ccc(O)c(CO)c2)c1. The molecular weight excluding hydrogens is 586 g/mol. The average Bonchev–Trinajstić information content (AvgIpc) is 3.06. The number of benzene rings is 3. The third kappa shape index (κ3) is 14.0. The van der Waals surface area contributed by atoms with E-state index in [1.807, 2.05) is 42.5 Å². The Labute approximate surface area is 272 Å². The molecule has 46 heavy (non-hydrogen) atoms. The van der Waals surface area contributed by atoms with Crippen LogP contribution in [0.3, 0.4) is 0 Å². The summed E-state index contributed by atoms with van der Waals surface area (Å²) in [6.07, 6.45) is 6.45. The Kier molecular flexibility index (Phi) is 16.6. The van der Waals surface area contributed by atoms with E-state index < -0.39 is 18.1 Å². The number of carbonyl (C=O) groups is 2. The van der Waals surface area contributed by atoms with Gasteiger partial charge in [0.25, 0.3) is 0 Å². The number of aliphatic hydroxyl groups excluding tert-OH is 2. The summed E-state index contributed by atoms with van der Waals surface area (Å²) in [5.41, 5.74) is 4.12. The molecule has 0 aliphatic rings. The fraction of sp³-hybridized carbons (Fsp3) is 0.444. The monoisotopic (exact) mass is 635 g/mol. The first-order valence-electron chi connectivity index (χ1n) is 16.1. The lowest BCUT2D eigenvalue weighted by Crippen LogP contribution is -2.40. The van der Waals surface area contributed by atoms with Gasteiger partial charge in [-0.3, -0.25) is 4.79 Å². The third-order valence-corrected chi connectivity index (χ3v) is 7.46. The van der Waals surface area contributed by atoms with Crippen LogP contribution in [0.15, 0.2) is 72.8 Å². The number of phenols is 1. The van der Waals surface area contributed by atoms with Crippen molar-refractivity contribution >= 4 is 12.0 Å². The lowest BCUT2D eigenvalue weighted by Gasteiger charge is -2.21. The van der Waals surface area contributed by atoms with Gasteiger partial charge in [0.05, 0.1) is 19.3 Å². The van der Waals surface area contributed by atoms with Crippen LogP contribution in [-0.4, -0.2) is 58.7 Å². The quantitative estimate of drug-likeness (QED) is 0.0833. The van der Waals surface area contributed by atoms with Gasteiger partial charge in [-0.1, -0.05) is 73.5 Å². The molecule has 10 heteroatoms. The van der Waals surface area contributed by atoms with Crippen LogP contribution in [0.4, 0.5) is 4.79 Å². The molecule has 250 valence electrons. The van der Waals surface area contributed by atoms with E-state index in [0.717, 1.165) is 80.9 Å². The van der Waals surface area contributed by atoms with E-state index in [-0.39, 0.29) is 18.9 Å². The van der Waals surface area contributed by atoms with Gasteiger partial charge in [-0.05, 0) is 73.0 Å². The Morgan fingerprint density at radius 3 is 2.33 bits per heavy atom. The summed E-state index contributed by atoms with van der Waals surface area (Å²) < 4.78 is 5.82. The molecule has 0 saturated heterocycles. The van der Waals surface area contributed by atoms with Crippen molar-refractivity contribution in [2.75, 3.05) is 26.3 Å². The first-order chi connectivity index (χ1) is 22.4. The molecular formula is C36H49N3O7. The number of hydroxylamine groups is 2. The maximum Gasteiger partial charge on any atom is 0.351 e. The van der Waals surface area contributed by atoms with Gasteiger partial charge in [0.1, 0.15) is 5.75 Å². The van der Waals surface area contributed by atoms with Gasteiger partial charge in [0.15, 0.2) is 0 Å². The van der Waals surface area contributed by atoms with Gasteiger partial charge in [0.2, 0.25) is 0 Å². The molecule has 10 nitrogen and oxygen atoms in total. The van der Waals surface area contributed by atoms with E-state index in [1.165, 1.54) is 18.6 Å². The smallest absolute Gasteiger partial charge is 0.351 e. The van der Waals surface area contributed by atoms with Crippen LogP contribution in [0.5, 0.6) is 5.75 Å². The summed E-state index contributed by atoms with van der Waals surface area (Å²) in [4.78, 5) is 29.4. The molecule has 0 aliphatic heterocycles. The molecule has 0 aliphatic carbocycles. The number of hydrogen-bond donors (Lipinski definition) is 5. The highest BCUT2D eigenvalue weighted by Gasteiger charge is 2.17. The molecule has 3 rings (SSSR count). The lowest BCUT2D eigenvalue weighted by molar-refractivity contribution is -0.175. The molecule has 0 unspecified atom stereocenters. The lowest BCUT2D eigenvalue weighted by atomic mass is 10.1. The number of nitrogens with zero attached hydrogens (tertiary/aromatic N) is 1. The molecule has 1 atom stereocenters. The van der Waals surface area contributed by atoms with Gasteiger partial charge >= 0.3 is 12.0 Å². The fourth-order valence-electron chi connectivity index (χ4n) is 4.95. The molecule has 5 N–H and O–H groups in total. The minimum absolute atomic E-state index is 0.0321. The van der Waals surface area contributed by atoms with Crippen LogP contribution >= 0.6 is 0 Å². The van der Waals surface area contributed by atoms with Crippen molar-refractivity contribution < 1.29 is 34.5 Å². The van der Waals surface area contributed by atoms with Crippen LogP contribution in [0.2, 0.25) is 0 Å². The summed E-state index contributed by atoms with van der Waals surface area (Å²) in [6, 6.07) is 21.8. The molecule has 0 saturated carbocycles. The van der Waals surface area contributed by atoms with Gasteiger partial charge in [0, 0.05) is 38.8 Å². The molecule has 0 bridgehead atoms. The van der Waals surface area contributed by atoms with Crippen LogP contribution in [-0.2, 0) is 40.5 Å². The number of carbonyl (C=O) groups excluding carboxylic acids is 2. The highest BCUT2D eigenvalue weighted by molar-refractivity contribution is 5.75. The number of amides is 2. The highest BCUT2D eigenvalue weighted by Crippen LogP contribution is 2.22. The number of hydrogen-bond acceptors (Lipinski definition) is 8. The Balaban J connectivity index is 1.20. The Bertz CT molecular complexity index is 1320. The van der Waals surface area contributed by atoms with Gasteiger partial charge in [-0.2, -0.15) is 0 Å². The summed E-state index contributed by atoms with van der Waals surface area (Å²) in [5, 5.41) is 36.4. The first kappa shape index (κ1) is 36.5. The highest BCUT2D eigenvalue weighted by atomic mass is 16.7. The minimum atomic E-state index is -0.687. The van der Waals surface area contributed by atoms with Crippen molar-refractivity contribution in [3.8, 4) is 5.75 Å². The number of rotatable bonds is 20. The number of ether oxygens (including phenoxy) is 1. The fourth-order valence-corrected chi connectivity index (χ4v) is 4.95. The predicted molar refractivity (Wildman–Crippen MR) is 177 cm³/mol. The second-order valence-electron chi connectivity index (χ2n) is 11.3. The molecule has 3 aromatic carbocycles. The standard InChI is InChI=1S/C36H49N3O7/c1-28(41)46-39(26-30-13-5-4-6-14-30)36(44)38-24-31-16-11-15-29(22-31)12-7-10-21-45-20-9-3-2-8-19-37-25-35(43)32-17-18-34(42)33(23-32)27-40/h4-6,11,13-18,22-23,35,37,40,42-43H,2-3,7-10,12,19-21,24-27H2,1H3,(H,38,44)/t35-/m1/s1. The van der Waals surface area contributed by atoms with E-state index in [2.05, 4.69) is 22.8 Å². The second kappa shape index (κ2) is 21.0. The zero-order chi connectivity index (χ0) is 33.0. The first-order valence-corrected chi connectivity index (χ1v) is 16.1. The van der Waals surface area contributed by atoms with Crippen LogP contribution in [0, 0.1) is 0 Å². The van der Waals surface area contributed by atoms with Crippen molar-refractivity contribution in [1.82, 2.24) is 15.7 Å². The minimum Gasteiger partial charge on any atom is -0.508 e. The molecule has 2 amide bonds. The number of urea groups is 1. The summed E-state index contributed by atoms with van der Waals surface area (Å²) in [6.45, 7) is 4.22. The van der Waals surface area contributed by atoms with Gasteiger partial charge < -0.3 is 35.5 Å². The van der Waals surface area contributed by atoms with E-state index in [9.17, 15) is 24.9 Å². The largest absolute Gasteiger partial charge is 0.508 e. The van der Waals surface area contributed by atoms with Crippen LogP contribution < -0.4 is 10.6 Å². The number of aryl methyl sites for hydroxylation is 1. The van der Waals surface area contributed by atoms with E-state index in [0.29, 0.717) is 24.2 Å². The summed E-state index contributed by atoms with van der Waals surface area (Å²) in [5.74, 6) is -0.522. The van der Waals surface area contributed by atoms with Crippen molar-refractivity contribution in [3.05, 3.63) is 101 Å². The third-order valence-electron chi connectivity index (χ3n) is 7.46. The Hall–Kier alpha value is -3.96. The molecule has 0 heterocycles. The topological polar surface area (TPSA) is 141 Å². The van der Waals surface area contributed by atoms with Crippen LogP contribution in [0.1, 0.15) is 79.4 Å². The number of nitrogens with one attached hydrogen (secondary N) is 2. The molecule has 3 aromatic rings. The normalized spacial score (nSPS) is 11.6. The zero-order valence-corrected chi connectivity index (χ0v) is 26.8. The maximum absolute atomic E-state index is 12.7. The van der Waals surface area contributed by atoms with E-state index in [1.54, 1.807) is 12.1 Å². The van der Waals surface area contributed by atoms with E-state index >= 15 is 0 Å². The summed E-state index contributed by atoms with van der Waals surface area (Å²) >= 11 is 0. The second-order valence-corrected chi connectivity index (χ2v) is 11.3. The molecule has 0 spiro atoms. The van der Waals surface area contributed by atoms with Crippen molar-refractivity contribution in [2.45, 2.75) is 77.7 Å². The van der Waals surface area contributed by atoms with Crippen molar-refractivity contribution in [1.29, 1.82) is 0 Å².